The fourth-order valence-electron chi connectivity index (χ4n) is 1.36. The largest absolute Gasteiger partial charge is 0.383 e. The van der Waals surface area contributed by atoms with E-state index in [2.05, 4.69) is 25.6 Å². The third kappa shape index (κ3) is 2.80. The van der Waals surface area contributed by atoms with Crippen LogP contribution in [0.3, 0.4) is 0 Å². The zero-order valence-corrected chi connectivity index (χ0v) is 11.6. The minimum absolute atomic E-state index is 0.0402. The molecule has 0 saturated heterocycles. The molecule has 3 N–H and O–H groups in total. The number of nitrogen functional groups attached to an aromatic ring is 1. The summed E-state index contributed by atoms with van der Waals surface area (Å²) >= 11 is 3.16. The summed E-state index contributed by atoms with van der Waals surface area (Å²) in [6.45, 7) is 0. The fourth-order valence-corrected chi connectivity index (χ4v) is 3.01. The van der Waals surface area contributed by atoms with Crippen molar-refractivity contribution in [2.45, 2.75) is 4.90 Å². The molecule has 7 heteroatoms. The highest BCUT2D eigenvalue weighted by Crippen LogP contribution is 2.22. The van der Waals surface area contributed by atoms with Gasteiger partial charge in [0.15, 0.2) is 0 Å². The van der Waals surface area contributed by atoms with Crippen molar-refractivity contribution in [1.82, 2.24) is 4.98 Å². The molecule has 0 radical (unpaired) electrons. The van der Waals surface area contributed by atoms with Gasteiger partial charge in [0, 0.05) is 16.4 Å². The van der Waals surface area contributed by atoms with Crippen molar-refractivity contribution in [3.05, 3.63) is 47.1 Å². The number of nitrogens with two attached hydrogens (primary N) is 1. The maximum absolute atomic E-state index is 12.1. The molecular formula is C11H10BrN3O2S. The SMILES string of the molecule is Nc1ncc(Br)cc1S(=O)(=O)Nc1ccccc1. The Morgan fingerprint density at radius 1 is 1.22 bits per heavy atom. The molecule has 0 atom stereocenters. The van der Waals surface area contributed by atoms with Crippen molar-refractivity contribution in [1.29, 1.82) is 0 Å². The van der Waals surface area contributed by atoms with Crippen molar-refractivity contribution >= 4 is 37.5 Å². The van der Waals surface area contributed by atoms with E-state index < -0.39 is 10.0 Å². The zero-order chi connectivity index (χ0) is 13.2. The van der Waals surface area contributed by atoms with Crippen molar-refractivity contribution in [3.63, 3.8) is 0 Å². The van der Waals surface area contributed by atoms with E-state index in [0.29, 0.717) is 10.2 Å². The lowest BCUT2D eigenvalue weighted by atomic mass is 10.3. The number of para-hydroxylation sites is 1. The number of hydrogen-bond donors (Lipinski definition) is 2. The van der Waals surface area contributed by atoms with E-state index in [-0.39, 0.29) is 10.7 Å². The van der Waals surface area contributed by atoms with Gasteiger partial charge in [-0.15, -0.1) is 0 Å². The van der Waals surface area contributed by atoms with Crippen molar-refractivity contribution < 1.29 is 8.42 Å². The number of sulfonamides is 1. The Bertz CT molecular complexity index is 659. The third-order valence-corrected chi connectivity index (χ3v) is 4.01. The van der Waals surface area contributed by atoms with Crippen LogP contribution in [0, 0.1) is 0 Å². The monoisotopic (exact) mass is 327 g/mol. The number of halogens is 1. The van der Waals surface area contributed by atoms with Crippen LogP contribution in [0.2, 0.25) is 0 Å². The van der Waals surface area contributed by atoms with E-state index in [9.17, 15) is 8.42 Å². The first-order chi connectivity index (χ1) is 8.49. The Morgan fingerprint density at radius 2 is 1.89 bits per heavy atom. The summed E-state index contributed by atoms with van der Waals surface area (Å²) in [6.07, 6.45) is 1.44. The quantitative estimate of drug-likeness (QED) is 0.905. The first-order valence-electron chi connectivity index (χ1n) is 4.98. The van der Waals surface area contributed by atoms with Crippen LogP contribution in [0.25, 0.3) is 0 Å². The molecule has 1 aromatic carbocycles. The van der Waals surface area contributed by atoms with E-state index >= 15 is 0 Å². The van der Waals surface area contributed by atoms with Crippen LogP contribution < -0.4 is 10.5 Å². The molecule has 0 bridgehead atoms. The fraction of sp³-hybridized carbons (Fsp3) is 0. The van der Waals surface area contributed by atoms with Crippen molar-refractivity contribution in [3.8, 4) is 0 Å². The number of rotatable bonds is 3. The Labute approximate surface area is 113 Å². The van der Waals surface area contributed by atoms with Gasteiger partial charge in [-0.05, 0) is 34.1 Å². The Balaban J connectivity index is 2.40. The molecule has 1 heterocycles. The van der Waals surface area contributed by atoms with Gasteiger partial charge in [-0.2, -0.15) is 0 Å². The molecule has 1 aromatic heterocycles. The van der Waals surface area contributed by atoms with E-state index in [0.717, 1.165) is 0 Å². The van der Waals surface area contributed by atoms with Gasteiger partial charge < -0.3 is 5.73 Å². The van der Waals surface area contributed by atoms with Gasteiger partial charge in [0.1, 0.15) is 10.7 Å². The van der Waals surface area contributed by atoms with Crippen LogP contribution in [0.15, 0.2) is 52.0 Å². The molecule has 94 valence electrons. The number of hydrogen-bond acceptors (Lipinski definition) is 4. The van der Waals surface area contributed by atoms with Crippen LogP contribution >= 0.6 is 15.9 Å². The summed E-state index contributed by atoms with van der Waals surface area (Å²) in [4.78, 5) is 3.74. The predicted molar refractivity (Wildman–Crippen MR) is 73.6 cm³/mol. The molecule has 0 spiro atoms. The molecule has 0 unspecified atom stereocenters. The van der Waals surface area contributed by atoms with Crippen molar-refractivity contribution in [2.75, 3.05) is 10.5 Å². The van der Waals surface area contributed by atoms with Gasteiger partial charge in [-0.25, -0.2) is 13.4 Å². The summed E-state index contributed by atoms with van der Waals surface area (Å²) in [7, 11) is -3.73. The van der Waals surface area contributed by atoms with Gasteiger partial charge in [0.2, 0.25) is 0 Å². The maximum atomic E-state index is 12.1. The van der Waals surface area contributed by atoms with Crippen molar-refractivity contribution in [2.24, 2.45) is 0 Å². The number of nitrogens with one attached hydrogen (secondary N) is 1. The number of nitrogens with zero attached hydrogens (tertiary/aromatic N) is 1. The minimum atomic E-state index is -3.73. The number of aromatic nitrogens is 1. The van der Waals surface area contributed by atoms with Crippen LogP contribution in [-0.4, -0.2) is 13.4 Å². The van der Waals surface area contributed by atoms with E-state index in [1.54, 1.807) is 30.3 Å². The number of pyridine rings is 1. The highest BCUT2D eigenvalue weighted by Gasteiger charge is 2.18. The molecule has 2 rings (SSSR count). The van der Waals surface area contributed by atoms with Crippen LogP contribution in [0.5, 0.6) is 0 Å². The Morgan fingerprint density at radius 3 is 2.56 bits per heavy atom. The van der Waals surface area contributed by atoms with Gasteiger partial charge >= 0.3 is 0 Å². The van der Waals surface area contributed by atoms with Gasteiger partial charge in [-0.3, -0.25) is 4.72 Å². The second kappa shape index (κ2) is 4.95. The van der Waals surface area contributed by atoms with E-state index in [1.165, 1.54) is 12.3 Å². The number of benzene rings is 1. The zero-order valence-electron chi connectivity index (χ0n) is 9.17. The molecule has 18 heavy (non-hydrogen) atoms. The predicted octanol–water partition coefficient (Wildman–Crippen LogP) is 2.23. The van der Waals surface area contributed by atoms with Gasteiger partial charge in [-0.1, -0.05) is 18.2 Å². The first-order valence-corrected chi connectivity index (χ1v) is 7.25. The lowest BCUT2D eigenvalue weighted by Crippen LogP contribution is -2.15. The second-order valence-electron chi connectivity index (χ2n) is 3.51. The first kappa shape index (κ1) is 12.8. The standard InChI is InChI=1S/C11H10BrN3O2S/c12-8-6-10(11(13)14-7-8)18(16,17)15-9-4-2-1-3-5-9/h1-7,15H,(H2,13,14). The molecule has 0 fully saturated rings. The van der Waals surface area contributed by atoms with Gasteiger partial charge in [0.05, 0.1) is 0 Å². The minimum Gasteiger partial charge on any atom is -0.383 e. The molecular weight excluding hydrogens is 318 g/mol. The normalized spacial score (nSPS) is 11.2. The Kier molecular flexibility index (Phi) is 3.53. The molecule has 0 aliphatic rings. The lowest BCUT2D eigenvalue weighted by molar-refractivity contribution is 0.601. The smallest absolute Gasteiger partial charge is 0.265 e. The summed E-state index contributed by atoms with van der Waals surface area (Å²) in [5.74, 6) is -0.0402. The number of anilines is 2. The Hall–Kier alpha value is -1.60. The molecule has 0 amide bonds. The van der Waals surface area contributed by atoms with Crippen LogP contribution in [-0.2, 0) is 10.0 Å². The average molecular weight is 328 g/mol. The molecule has 2 aromatic rings. The van der Waals surface area contributed by atoms with Crippen LogP contribution in [0.1, 0.15) is 0 Å². The molecule has 0 aliphatic carbocycles. The van der Waals surface area contributed by atoms with Gasteiger partial charge in [0.25, 0.3) is 10.0 Å². The highest BCUT2D eigenvalue weighted by atomic mass is 79.9. The van der Waals surface area contributed by atoms with E-state index in [1.807, 2.05) is 0 Å². The summed E-state index contributed by atoms with van der Waals surface area (Å²) in [5.41, 5.74) is 6.05. The second-order valence-corrected chi connectivity index (χ2v) is 6.07. The van der Waals surface area contributed by atoms with Crippen LogP contribution in [0.4, 0.5) is 11.5 Å². The highest BCUT2D eigenvalue weighted by molar-refractivity contribution is 9.10. The molecule has 0 aliphatic heterocycles. The molecule has 0 saturated carbocycles. The lowest BCUT2D eigenvalue weighted by Gasteiger charge is -2.09. The third-order valence-electron chi connectivity index (χ3n) is 2.16. The maximum Gasteiger partial charge on any atom is 0.265 e. The average Bonchev–Trinajstić information content (AvgIpc) is 2.33. The summed E-state index contributed by atoms with van der Waals surface area (Å²) in [6, 6.07) is 9.99. The summed E-state index contributed by atoms with van der Waals surface area (Å²) in [5, 5.41) is 0. The van der Waals surface area contributed by atoms with E-state index in [4.69, 9.17) is 5.73 Å². The topological polar surface area (TPSA) is 85.1 Å². The summed E-state index contributed by atoms with van der Waals surface area (Å²) < 4.78 is 27.2. The molecule has 5 nitrogen and oxygen atoms in total.